The highest BCUT2D eigenvalue weighted by atomic mass is 16.6. The van der Waals surface area contributed by atoms with Gasteiger partial charge in [-0.2, -0.15) is 4.98 Å². The van der Waals surface area contributed by atoms with Gasteiger partial charge in [0.1, 0.15) is 11.5 Å². The summed E-state index contributed by atoms with van der Waals surface area (Å²) in [6.07, 6.45) is 5.55. The minimum absolute atomic E-state index is 0.162. The van der Waals surface area contributed by atoms with Crippen molar-refractivity contribution >= 4 is 35.7 Å². The fourth-order valence-corrected chi connectivity index (χ4v) is 2.60. The molecule has 0 atom stereocenters. The zero-order valence-electron chi connectivity index (χ0n) is 15.6. The number of aromatic nitrogens is 2. The number of phenolic OH excluding ortho intramolecular Hbond substituents is 2. The van der Waals surface area contributed by atoms with E-state index < -0.39 is 15.5 Å². The summed E-state index contributed by atoms with van der Waals surface area (Å²) in [7, 11) is 0. The summed E-state index contributed by atoms with van der Waals surface area (Å²) in [5.74, 6) is -0.368. The Bertz CT molecular complexity index is 1200. The molecule has 3 rings (SSSR count). The Hall–Kier alpha value is -4.80. The third kappa shape index (κ3) is 5.17. The molecule has 2 aromatic carbocycles. The first-order chi connectivity index (χ1) is 14.7. The van der Waals surface area contributed by atoms with Crippen LogP contribution in [0.25, 0.3) is 24.3 Å². The molecule has 156 valence electrons. The molecule has 31 heavy (non-hydrogen) atoms. The zero-order valence-corrected chi connectivity index (χ0v) is 15.6. The van der Waals surface area contributed by atoms with Crippen LogP contribution in [0.1, 0.15) is 22.5 Å². The van der Waals surface area contributed by atoms with E-state index in [2.05, 4.69) is 9.97 Å². The maximum Gasteiger partial charge on any atom is 0.345 e. The topological polar surface area (TPSA) is 172 Å². The molecule has 1 heterocycles. The lowest BCUT2D eigenvalue weighted by molar-refractivity contribution is -0.385. The highest BCUT2D eigenvalue weighted by Crippen LogP contribution is 2.26. The molecule has 3 aromatic rings. The van der Waals surface area contributed by atoms with Crippen molar-refractivity contribution < 1.29 is 20.1 Å². The van der Waals surface area contributed by atoms with Gasteiger partial charge in [0.25, 0.3) is 11.4 Å². The van der Waals surface area contributed by atoms with Crippen molar-refractivity contribution in [1.82, 2.24) is 9.97 Å². The standard InChI is InChI=1S/C20H14N4O7/c25-18-7-5-16(23(28)29)9-12(18)1-3-14-11-15(22-20(27)21-14)4-2-13-10-17(24(30)31)6-8-19(13)26/h1-11,25-26H,(H,21,22,27)/b3-1+,4-2?. The largest absolute Gasteiger partial charge is 0.507 e. The molecule has 1 aromatic heterocycles. The summed E-state index contributed by atoms with van der Waals surface area (Å²) in [6, 6.07) is 8.51. The maximum absolute atomic E-state index is 11.8. The third-order valence-electron chi connectivity index (χ3n) is 4.11. The Balaban J connectivity index is 1.90. The number of nitro benzene ring substituents is 2. The number of hydrogen-bond donors (Lipinski definition) is 3. The third-order valence-corrected chi connectivity index (χ3v) is 4.11. The summed E-state index contributed by atoms with van der Waals surface area (Å²) >= 11 is 0. The second-order valence-electron chi connectivity index (χ2n) is 6.23. The number of aromatic hydroxyl groups is 2. The van der Waals surface area contributed by atoms with Gasteiger partial charge in [0.15, 0.2) is 0 Å². The second kappa shape index (κ2) is 8.69. The van der Waals surface area contributed by atoms with Crippen molar-refractivity contribution in [3.05, 3.63) is 95.7 Å². The number of nitro groups is 2. The molecule has 0 spiro atoms. The number of benzene rings is 2. The lowest BCUT2D eigenvalue weighted by atomic mass is 10.1. The summed E-state index contributed by atoms with van der Waals surface area (Å²) in [5, 5.41) is 41.5. The number of hydrogen-bond acceptors (Lipinski definition) is 8. The van der Waals surface area contributed by atoms with Crippen LogP contribution in [-0.4, -0.2) is 30.0 Å². The fraction of sp³-hybridized carbons (Fsp3) is 0. The fourth-order valence-electron chi connectivity index (χ4n) is 2.60. The summed E-state index contributed by atoms with van der Waals surface area (Å²) in [5.41, 5.74) is -0.294. The van der Waals surface area contributed by atoms with Gasteiger partial charge in [0.2, 0.25) is 0 Å². The number of non-ortho nitro benzene ring substituents is 2. The summed E-state index contributed by atoms with van der Waals surface area (Å²) in [6.45, 7) is 0. The predicted octanol–water partition coefficient (Wildman–Crippen LogP) is 3.34. The Morgan fingerprint density at radius 3 is 1.84 bits per heavy atom. The lowest BCUT2D eigenvalue weighted by Crippen LogP contribution is -2.12. The van der Waals surface area contributed by atoms with Crippen molar-refractivity contribution in [1.29, 1.82) is 0 Å². The van der Waals surface area contributed by atoms with E-state index >= 15 is 0 Å². The van der Waals surface area contributed by atoms with Gasteiger partial charge in [-0.05, 0) is 42.5 Å². The van der Waals surface area contributed by atoms with E-state index in [0.29, 0.717) is 0 Å². The van der Waals surface area contributed by atoms with Gasteiger partial charge in [-0.15, -0.1) is 0 Å². The molecular formula is C20H14N4O7. The first-order valence-corrected chi connectivity index (χ1v) is 8.65. The molecule has 0 radical (unpaired) electrons. The zero-order chi connectivity index (χ0) is 22.5. The molecule has 0 bridgehead atoms. The summed E-state index contributed by atoms with van der Waals surface area (Å²) < 4.78 is 0. The molecule has 11 heteroatoms. The van der Waals surface area contributed by atoms with Gasteiger partial charge in [-0.3, -0.25) is 20.2 Å². The van der Waals surface area contributed by atoms with E-state index in [4.69, 9.17) is 0 Å². The van der Waals surface area contributed by atoms with Crippen LogP contribution in [0.5, 0.6) is 11.5 Å². The Labute approximate surface area is 173 Å². The lowest BCUT2D eigenvalue weighted by Gasteiger charge is -2.01. The Morgan fingerprint density at radius 1 is 0.806 bits per heavy atom. The highest BCUT2D eigenvalue weighted by molar-refractivity contribution is 5.75. The van der Waals surface area contributed by atoms with Gasteiger partial charge >= 0.3 is 5.69 Å². The number of aromatic amines is 1. The van der Waals surface area contributed by atoms with E-state index in [-0.39, 0.29) is 45.4 Å². The first-order valence-electron chi connectivity index (χ1n) is 8.65. The van der Waals surface area contributed by atoms with Gasteiger partial charge in [-0.1, -0.05) is 0 Å². The minimum atomic E-state index is -0.687. The van der Waals surface area contributed by atoms with Crippen LogP contribution >= 0.6 is 0 Å². The molecule has 0 fully saturated rings. The van der Waals surface area contributed by atoms with Crippen LogP contribution in [0.15, 0.2) is 47.3 Å². The molecular weight excluding hydrogens is 408 g/mol. The van der Waals surface area contributed by atoms with E-state index in [1.54, 1.807) is 0 Å². The molecule has 0 aliphatic carbocycles. The number of nitrogens with zero attached hydrogens (tertiary/aromatic N) is 3. The van der Waals surface area contributed by atoms with Crippen molar-refractivity contribution in [2.75, 3.05) is 0 Å². The average Bonchev–Trinajstić information content (AvgIpc) is 2.72. The molecule has 3 N–H and O–H groups in total. The van der Waals surface area contributed by atoms with Crippen LogP contribution in [0.4, 0.5) is 11.4 Å². The monoisotopic (exact) mass is 422 g/mol. The van der Waals surface area contributed by atoms with Gasteiger partial charge in [0.05, 0.1) is 15.5 Å². The van der Waals surface area contributed by atoms with Crippen LogP contribution in [0, 0.1) is 20.2 Å². The van der Waals surface area contributed by atoms with Crippen molar-refractivity contribution in [3.8, 4) is 11.5 Å². The molecule has 0 aliphatic rings. The van der Waals surface area contributed by atoms with E-state index in [0.717, 1.165) is 12.1 Å². The Morgan fingerprint density at radius 2 is 1.32 bits per heavy atom. The Kier molecular flexibility index (Phi) is 5.87. The molecule has 11 nitrogen and oxygen atoms in total. The van der Waals surface area contributed by atoms with E-state index in [1.165, 1.54) is 54.6 Å². The average molecular weight is 422 g/mol. The van der Waals surface area contributed by atoms with Crippen molar-refractivity contribution in [3.63, 3.8) is 0 Å². The SMILES string of the molecule is O=c1nc(/C=C/c2cc([N+](=O)[O-])ccc2O)cc(C=Cc2cc([N+](=O)[O-])ccc2O)[nH]1. The molecule has 0 amide bonds. The molecule has 0 saturated carbocycles. The number of rotatable bonds is 6. The highest BCUT2D eigenvalue weighted by Gasteiger charge is 2.09. The number of nitrogens with one attached hydrogen (secondary N) is 1. The molecule has 0 aliphatic heterocycles. The van der Waals surface area contributed by atoms with E-state index in [9.17, 15) is 35.2 Å². The second-order valence-corrected chi connectivity index (χ2v) is 6.23. The van der Waals surface area contributed by atoms with Crippen LogP contribution in [0.2, 0.25) is 0 Å². The first kappa shape index (κ1) is 20.9. The predicted molar refractivity (Wildman–Crippen MR) is 112 cm³/mol. The van der Waals surface area contributed by atoms with Crippen LogP contribution in [0.3, 0.4) is 0 Å². The summed E-state index contributed by atoms with van der Waals surface area (Å²) in [4.78, 5) is 38.6. The van der Waals surface area contributed by atoms with E-state index in [1.807, 2.05) is 0 Å². The number of H-pyrrole nitrogens is 1. The minimum Gasteiger partial charge on any atom is -0.507 e. The smallest absolute Gasteiger partial charge is 0.345 e. The van der Waals surface area contributed by atoms with Gasteiger partial charge < -0.3 is 15.2 Å². The van der Waals surface area contributed by atoms with Crippen LogP contribution in [-0.2, 0) is 0 Å². The normalized spacial score (nSPS) is 11.2. The van der Waals surface area contributed by atoms with Crippen molar-refractivity contribution in [2.24, 2.45) is 0 Å². The van der Waals surface area contributed by atoms with Crippen molar-refractivity contribution in [2.45, 2.75) is 0 Å². The maximum atomic E-state index is 11.8. The van der Waals surface area contributed by atoms with Gasteiger partial charge in [-0.25, -0.2) is 4.79 Å². The number of phenols is 2. The molecule has 0 unspecified atom stereocenters. The quantitative estimate of drug-likeness (QED) is 0.400. The molecule has 0 saturated heterocycles. The van der Waals surface area contributed by atoms with Crippen LogP contribution < -0.4 is 5.69 Å². The van der Waals surface area contributed by atoms with Gasteiger partial charge in [0, 0.05) is 41.1 Å².